The minimum Gasteiger partial charge on any atom is -0.316 e. The zero-order chi connectivity index (χ0) is 17.2. The molecule has 1 N–H and O–H groups in total. The van der Waals surface area contributed by atoms with Crippen LogP contribution in [0.4, 0.5) is 16.6 Å². The Hall–Kier alpha value is -2.73. The average Bonchev–Trinajstić information content (AvgIpc) is 3.21. The summed E-state index contributed by atoms with van der Waals surface area (Å²) in [6.07, 6.45) is 1.23. The molecule has 0 spiro atoms. The van der Waals surface area contributed by atoms with Gasteiger partial charge in [0.15, 0.2) is 5.13 Å². The Morgan fingerprint density at radius 2 is 2.08 bits per heavy atom. The molecule has 0 fully saturated rings. The summed E-state index contributed by atoms with van der Waals surface area (Å²) >= 11 is 1.49. The Morgan fingerprint density at radius 1 is 1.20 bits per heavy atom. The largest absolute Gasteiger partial charge is 0.316 e. The van der Waals surface area contributed by atoms with Crippen LogP contribution in [0.25, 0.3) is 0 Å². The van der Waals surface area contributed by atoms with Gasteiger partial charge in [-0.25, -0.2) is 9.97 Å². The second-order valence-electron chi connectivity index (χ2n) is 6.03. The molecule has 1 aliphatic rings. The van der Waals surface area contributed by atoms with E-state index in [0.717, 1.165) is 41.0 Å². The highest BCUT2D eigenvalue weighted by Crippen LogP contribution is 2.28. The van der Waals surface area contributed by atoms with E-state index in [0.29, 0.717) is 6.42 Å². The van der Waals surface area contributed by atoms with Gasteiger partial charge >= 0.3 is 0 Å². The maximum atomic E-state index is 12.6. The number of fused-ring (bicyclic) bond motifs is 1. The minimum atomic E-state index is 0.0930. The third-order valence-electron chi connectivity index (χ3n) is 4.20. The molecule has 3 aromatic rings. The molecule has 5 nitrogen and oxygen atoms in total. The quantitative estimate of drug-likeness (QED) is 0.779. The van der Waals surface area contributed by atoms with E-state index in [1.807, 2.05) is 53.6 Å². The fourth-order valence-corrected chi connectivity index (χ4v) is 3.73. The summed E-state index contributed by atoms with van der Waals surface area (Å²) in [6, 6.07) is 13.9. The first-order chi connectivity index (χ1) is 12.2. The number of benzene rings is 1. The summed E-state index contributed by atoms with van der Waals surface area (Å²) < 4.78 is 0. The van der Waals surface area contributed by atoms with E-state index < -0.39 is 0 Å². The summed E-state index contributed by atoms with van der Waals surface area (Å²) in [6.45, 7) is 2.70. The molecule has 4 rings (SSSR count). The van der Waals surface area contributed by atoms with Crippen LogP contribution in [0.15, 0.2) is 47.8 Å². The molecule has 0 radical (unpaired) electrons. The molecule has 1 amide bonds. The number of anilines is 3. The predicted octanol–water partition coefficient (Wildman–Crippen LogP) is 3.72. The van der Waals surface area contributed by atoms with Crippen LogP contribution in [0, 0.1) is 6.92 Å². The number of thiazole rings is 1. The molecule has 3 heterocycles. The summed E-state index contributed by atoms with van der Waals surface area (Å²) in [5, 5.41) is 5.88. The third-order valence-corrected chi connectivity index (χ3v) is 5.00. The van der Waals surface area contributed by atoms with E-state index in [2.05, 4.69) is 21.4 Å². The topological polar surface area (TPSA) is 58.1 Å². The van der Waals surface area contributed by atoms with E-state index in [4.69, 9.17) is 0 Å². The molecule has 0 saturated carbocycles. The van der Waals surface area contributed by atoms with Gasteiger partial charge in [0.2, 0.25) is 5.91 Å². The van der Waals surface area contributed by atoms with Crippen LogP contribution in [0.5, 0.6) is 0 Å². The number of nitrogens with one attached hydrogen (secondary N) is 1. The molecule has 0 unspecified atom stereocenters. The Balaban J connectivity index is 1.44. The lowest BCUT2D eigenvalue weighted by Gasteiger charge is -2.16. The van der Waals surface area contributed by atoms with Crippen molar-refractivity contribution in [3.05, 3.63) is 64.8 Å². The van der Waals surface area contributed by atoms with Gasteiger partial charge in [0, 0.05) is 23.3 Å². The van der Waals surface area contributed by atoms with Crippen molar-refractivity contribution in [2.75, 3.05) is 16.8 Å². The highest BCUT2D eigenvalue weighted by Gasteiger charge is 2.24. The lowest BCUT2D eigenvalue weighted by atomic mass is 10.2. The number of rotatable bonds is 4. The van der Waals surface area contributed by atoms with Gasteiger partial charge < -0.3 is 10.2 Å². The van der Waals surface area contributed by atoms with E-state index in [1.54, 1.807) is 0 Å². The molecule has 6 heteroatoms. The van der Waals surface area contributed by atoms with Crippen molar-refractivity contribution in [3.8, 4) is 0 Å². The van der Waals surface area contributed by atoms with Crippen molar-refractivity contribution in [2.45, 2.75) is 19.8 Å². The number of aromatic nitrogens is 2. The molecule has 1 aromatic carbocycles. The van der Waals surface area contributed by atoms with Crippen molar-refractivity contribution in [2.24, 2.45) is 0 Å². The first kappa shape index (κ1) is 15.8. The average molecular weight is 350 g/mol. The number of carbonyl (C=O) groups excluding carboxylic acids is 1. The monoisotopic (exact) mass is 350 g/mol. The molecule has 25 heavy (non-hydrogen) atoms. The van der Waals surface area contributed by atoms with E-state index in [-0.39, 0.29) is 5.91 Å². The van der Waals surface area contributed by atoms with Gasteiger partial charge in [-0.3, -0.25) is 4.79 Å². The van der Waals surface area contributed by atoms with Gasteiger partial charge in [0.25, 0.3) is 0 Å². The second-order valence-corrected chi connectivity index (χ2v) is 6.89. The number of carbonyl (C=O) groups is 1. The number of hydrogen-bond donors (Lipinski definition) is 1. The molecule has 0 saturated heterocycles. The molecule has 1 aliphatic heterocycles. The fraction of sp³-hybridized carbons (Fsp3) is 0.211. The first-order valence-electron chi connectivity index (χ1n) is 8.22. The van der Waals surface area contributed by atoms with Crippen LogP contribution >= 0.6 is 11.3 Å². The number of amides is 1. The maximum absolute atomic E-state index is 12.6. The van der Waals surface area contributed by atoms with Gasteiger partial charge in [-0.2, -0.15) is 0 Å². The second kappa shape index (κ2) is 6.64. The standard InChI is InChI=1S/C19H18N4OS/c1-13-5-4-8-17(20-13)22-19-21-15(12-25-19)11-18(24)23-10-9-14-6-2-3-7-16(14)23/h2-8,12H,9-11H2,1H3,(H,20,21,22). The smallest absolute Gasteiger partial charge is 0.233 e. The summed E-state index contributed by atoms with van der Waals surface area (Å²) in [5.74, 6) is 0.858. The number of hydrogen-bond acceptors (Lipinski definition) is 5. The third kappa shape index (κ3) is 3.39. The zero-order valence-corrected chi connectivity index (χ0v) is 14.7. The molecule has 0 atom stereocenters. The number of aryl methyl sites for hydroxylation is 1. The van der Waals surface area contributed by atoms with Gasteiger partial charge in [-0.05, 0) is 37.1 Å². The van der Waals surface area contributed by atoms with Crippen molar-refractivity contribution in [1.82, 2.24) is 9.97 Å². The van der Waals surface area contributed by atoms with Crippen molar-refractivity contribution < 1.29 is 4.79 Å². The van der Waals surface area contributed by atoms with Crippen LogP contribution in [0.1, 0.15) is 17.0 Å². The number of para-hydroxylation sites is 1. The molecule has 2 aromatic heterocycles. The zero-order valence-electron chi connectivity index (χ0n) is 13.9. The van der Waals surface area contributed by atoms with Crippen LogP contribution in [-0.2, 0) is 17.6 Å². The van der Waals surface area contributed by atoms with Crippen LogP contribution in [0.2, 0.25) is 0 Å². The van der Waals surface area contributed by atoms with Crippen LogP contribution in [0.3, 0.4) is 0 Å². The van der Waals surface area contributed by atoms with Crippen molar-refractivity contribution in [3.63, 3.8) is 0 Å². The molecule has 126 valence electrons. The Bertz CT molecular complexity index is 921. The van der Waals surface area contributed by atoms with Gasteiger partial charge in [0.05, 0.1) is 12.1 Å². The van der Waals surface area contributed by atoms with Gasteiger partial charge in [0.1, 0.15) is 5.82 Å². The van der Waals surface area contributed by atoms with E-state index in [1.165, 1.54) is 16.9 Å². The molecule has 0 aliphatic carbocycles. The predicted molar refractivity (Wildman–Crippen MR) is 101 cm³/mol. The first-order valence-corrected chi connectivity index (χ1v) is 9.10. The van der Waals surface area contributed by atoms with Gasteiger partial charge in [-0.15, -0.1) is 11.3 Å². The SMILES string of the molecule is Cc1cccc(Nc2nc(CC(=O)N3CCc4ccccc43)cs2)n1. The number of pyridine rings is 1. The Labute approximate surface area is 150 Å². The van der Waals surface area contributed by atoms with Crippen LogP contribution in [-0.4, -0.2) is 22.4 Å². The lowest BCUT2D eigenvalue weighted by molar-refractivity contribution is -0.117. The van der Waals surface area contributed by atoms with Crippen molar-refractivity contribution >= 4 is 33.9 Å². The lowest BCUT2D eigenvalue weighted by Crippen LogP contribution is -2.30. The fourth-order valence-electron chi connectivity index (χ4n) is 3.02. The highest BCUT2D eigenvalue weighted by molar-refractivity contribution is 7.13. The maximum Gasteiger partial charge on any atom is 0.233 e. The summed E-state index contributed by atoms with van der Waals surface area (Å²) in [5.41, 5.74) is 4.01. The van der Waals surface area contributed by atoms with E-state index >= 15 is 0 Å². The Morgan fingerprint density at radius 3 is 2.96 bits per heavy atom. The van der Waals surface area contributed by atoms with E-state index in [9.17, 15) is 4.79 Å². The normalized spacial score (nSPS) is 12.9. The molecule has 0 bridgehead atoms. The summed E-state index contributed by atoms with van der Waals surface area (Å²) in [7, 11) is 0. The molecular weight excluding hydrogens is 332 g/mol. The minimum absolute atomic E-state index is 0.0930. The van der Waals surface area contributed by atoms with Crippen molar-refractivity contribution in [1.29, 1.82) is 0 Å². The highest BCUT2D eigenvalue weighted by atomic mass is 32.1. The molecular formula is C19H18N4OS. The number of nitrogens with zero attached hydrogens (tertiary/aromatic N) is 3. The van der Waals surface area contributed by atoms with Crippen LogP contribution < -0.4 is 10.2 Å². The summed E-state index contributed by atoms with van der Waals surface area (Å²) in [4.78, 5) is 23.4. The van der Waals surface area contributed by atoms with Gasteiger partial charge in [-0.1, -0.05) is 24.3 Å². The Kier molecular flexibility index (Phi) is 4.19.